The number of benzene rings is 1. The molecule has 0 radical (unpaired) electrons. The number of nitrogens with zero attached hydrogens (tertiary/aromatic N) is 2. The minimum Gasteiger partial charge on any atom is -0.503 e. The molecule has 3 rings (SSSR count). The molecule has 2 heterocycles. The highest BCUT2D eigenvalue weighted by atomic mass is 35.5. The number of halogens is 1. The Bertz CT molecular complexity index is 940. The van der Waals surface area contributed by atoms with Crippen molar-refractivity contribution in [3.8, 4) is 11.4 Å². The molecule has 2 aromatic heterocycles. The fraction of sp³-hybridized carbons (Fsp3) is 0.176. The lowest BCUT2D eigenvalue weighted by Crippen LogP contribution is -2.26. The molecule has 1 atom stereocenters. The van der Waals surface area contributed by atoms with E-state index < -0.39 is 0 Å². The zero-order chi connectivity index (χ0) is 16.6. The van der Waals surface area contributed by atoms with E-state index in [4.69, 9.17) is 11.6 Å². The van der Waals surface area contributed by atoms with Crippen molar-refractivity contribution < 1.29 is 5.11 Å². The Morgan fingerprint density at radius 2 is 2.09 bits per heavy atom. The monoisotopic (exact) mass is 347 g/mol. The van der Waals surface area contributed by atoms with Gasteiger partial charge < -0.3 is 5.11 Å². The molecular weight excluding hydrogens is 332 g/mol. The molecule has 0 bridgehead atoms. The molecule has 4 nitrogen and oxygen atoms in total. The van der Waals surface area contributed by atoms with Gasteiger partial charge in [0.15, 0.2) is 11.4 Å². The van der Waals surface area contributed by atoms with Crippen LogP contribution in [0.4, 0.5) is 0 Å². The Hall–Kier alpha value is -1.98. The number of rotatable bonds is 3. The van der Waals surface area contributed by atoms with E-state index in [9.17, 15) is 9.90 Å². The van der Waals surface area contributed by atoms with Crippen LogP contribution in [0.3, 0.4) is 0 Å². The van der Waals surface area contributed by atoms with Crippen LogP contribution in [-0.4, -0.2) is 26.7 Å². The maximum absolute atomic E-state index is 13.0. The van der Waals surface area contributed by atoms with Crippen molar-refractivity contribution in [2.75, 3.05) is 12.0 Å². The number of pyridine rings is 2. The fourth-order valence-electron chi connectivity index (χ4n) is 2.49. The van der Waals surface area contributed by atoms with Crippen molar-refractivity contribution in [3.05, 3.63) is 58.0 Å². The molecule has 0 fully saturated rings. The summed E-state index contributed by atoms with van der Waals surface area (Å²) >= 11 is 6.08. The van der Waals surface area contributed by atoms with Crippen LogP contribution in [0, 0.1) is 0 Å². The summed E-state index contributed by atoms with van der Waals surface area (Å²) in [6.45, 7) is 2.00. The minimum atomic E-state index is -0.353. The molecule has 6 heteroatoms. The number of aromatic nitrogens is 2. The molecule has 118 valence electrons. The molecule has 1 aromatic carbocycles. The third-order valence-corrected chi connectivity index (χ3v) is 5.88. The van der Waals surface area contributed by atoms with Crippen LogP contribution >= 0.6 is 11.6 Å². The van der Waals surface area contributed by atoms with E-state index in [1.54, 1.807) is 36.5 Å². The molecular formula is C17H16ClN2O2S+. The van der Waals surface area contributed by atoms with Crippen molar-refractivity contribution in [2.45, 2.75) is 11.8 Å². The van der Waals surface area contributed by atoms with Crippen LogP contribution in [-0.2, 0) is 10.9 Å². The third kappa shape index (κ3) is 2.71. The average molecular weight is 348 g/mol. The van der Waals surface area contributed by atoms with E-state index >= 15 is 0 Å². The SMILES string of the molecule is CC[S+](C)c1c(O)c2cccnc2n(-c2cccc(Cl)c2)c1=O. The van der Waals surface area contributed by atoms with Gasteiger partial charge in [0.1, 0.15) is 12.0 Å². The van der Waals surface area contributed by atoms with Gasteiger partial charge >= 0.3 is 5.56 Å². The Morgan fingerprint density at radius 3 is 2.78 bits per heavy atom. The highest BCUT2D eigenvalue weighted by Crippen LogP contribution is 2.30. The Labute approximate surface area is 141 Å². The van der Waals surface area contributed by atoms with Crippen LogP contribution in [0.2, 0.25) is 5.02 Å². The van der Waals surface area contributed by atoms with E-state index in [1.165, 1.54) is 4.57 Å². The van der Waals surface area contributed by atoms with Crippen LogP contribution < -0.4 is 5.56 Å². The number of hydrogen-bond donors (Lipinski definition) is 1. The predicted octanol–water partition coefficient (Wildman–Crippen LogP) is 3.37. The zero-order valence-corrected chi connectivity index (χ0v) is 14.4. The molecule has 1 unspecified atom stereocenters. The largest absolute Gasteiger partial charge is 0.503 e. The third-order valence-electron chi connectivity index (χ3n) is 3.71. The van der Waals surface area contributed by atoms with Crippen molar-refractivity contribution in [2.24, 2.45) is 0 Å². The first-order valence-electron chi connectivity index (χ1n) is 7.15. The maximum atomic E-state index is 13.0. The van der Waals surface area contributed by atoms with Gasteiger partial charge in [-0.3, -0.25) is 9.36 Å². The lowest BCUT2D eigenvalue weighted by Gasteiger charge is -2.13. The summed E-state index contributed by atoms with van der Waals surface area (Å²) < 4.78 is 1.52. The average Bonchev–Trinajstić information content (AvgIpc) is 2.55. The molecule has 0 aliphatic rings. The van der Waals surface area contributed by atoms with Gasteiger partial charge in [-0.25, -0.2) is 4.98 Å². The van der Waals surface area contributed by atoms with Crippen LogP contribution in [0.5, 0.6) is 5.75 Å². The van der Waals surface area contributed by atoms with Gasteiger partial charge in [0.05, 0.1) is 11.1 Å². The Balaban J connectivity index is 2.48. The van der Waals surface area contributed by atoms with Crippen LogP contribution in [0.25, 0.3) is 16.7 Å². The smallest absolute Gasteiger partial charge is 0.316 e. The van der Waals surface area contributed by atoms with Gasteiger partial charge in [-0.05, 0) is 37.3 Å². The standard InChI is InChI=1S/C17H15ClN2O2S/c1-3-23(2)15-14(21)13-8-5-9-19-16(13)20(17(15)22)12-7-4-6-11(18)10-12/h4-10H,3H2,1-2H3/p+1. The molecule has 0 amide bonds. The molecule has 23 heavy (non-hydrogen) atoms. The van der Waals surface area contributed by atoms with Crippen molar-refractivity contribution >= 4 is 33.5 Å². The second kappa shape index (κ2) is 6.26. The molecule has 0 spiro atoms. The van der Waals surface area contributed by atoms with Gasteiger partial charge in [0.2, 0.25) is 0 Å². The zero-order valence-electron chi connectivity index (χ0n) is 12.8. The lowest BCUT2D eigenvalue weighted by molar-refractivity contribution is 0.465. The number of fused-ring (bicyclic) bond motifs is 1. The van der Waals surface area contributed by atoms with Crippen LogP contribution in [0.1, 0.15) is 6.92 Å². The highest BCUT2D eigenvalue weighted by Gasteiger charge is 2.28. The Kier molecular flexibility index (Phi) is 4.33. The summed E-state index contributed by atoms with van der Waals surface area (Å²) in [6, 6.07) is 10.6. The van der Waals surface area contributed by atoms with Crippen molar-refractivity contribution in [3.63, 3.8) is 0 Å². The second-order valence-electron chi connectivity index (χ2n) is 5.10. The van der Waals surface area contributed by atoms with E-state index in [-0.39, 0.29) is 22.2 Å². The molecule has 1 N–H and O–H groups in total. The van der Waals surface area contributed by atoms with E-state index in [0.717, 1.165) is 5.75 Å². The van der Waals surface area contributed by atoms with Gasteiger partial charge in [-0.2, -0.15) is 0 Å². The first-order valence-corrected chi connectivity index (χ1v) is 9.33. The molecule has 0 saturated carbocycles. The molecule has 0 saturated heterocycles. The summed E-state index contributed by atoms with van der Waals surface area (Å²) in [4.78, 5) is 17.8. The molecule has 0 aliphatic heterocycles. The maximum Gasteiger partial charge on any atom is 0.316 e. The van der Waals surface area contributed by atoms with Crippen molar-refractivity contribution in [1.82, 2.24) is 9.55 Å². The molecule has 3 aromatic rings. The normalized spacial score (nSPS) is 12.5. The first-order chi connectivity index (χ1) is 11.0. The topological polar surface area (TPSA) is 55.1 Å². The van der Waals surface area contributed by atoms with Gasteiger partial charge in [-0.15, -0.1) is 0 Å². The summed E-state index contributed by atoms with van der Waals surface area (Å²) in [6.07, 6.45) is 3.56. The first kappa shape index (κ1) is 15.9. The fourth-order valence-corrected chi connectivity index (χ4v) is 3.80. The quantitative estimate of drug-likeness (QED) is 0.739. The van der Waals surface area contributed by atoms with Gasteiger partial charge in [-0.1, -0.05) is 17.7 Å². The van der Waals surface area contributed by atoms with Gasteiger partial charge in [0, 0.05) is 22.1 Å². The molecule has 0 aliphatic carbocycles. The minimum absolute atomic E-state index is 0.0315. The number of hydrogen-bond acceptors (Lipinski definition) is 3. The van der Waals surface area contributed by atoms with E-state index in [1.807, 2.05) is 19.2 Å². The van der Waals surface area contributed by atoms with Crippen LogP contribution in [0.15, 0.2) is 52.3 Å². The highest BCUT2D eigenvalue weighted by molar-refractivity contribution is 7.96. The number of aromatic hydroxyl groups is 1. The lowest BCUT2D eigenvalue weighted by atomic mass is 10.2. The summed E-state index contributed by atoms with van der Waals surface area (Å²) in [5.41, 5.74) is 0.818. The van der Waals surface area contributed by atoms with Gasteiger partial charge in [0.25, 0.3) is 4.90 Å². The second-order valence-corrected chi connectivity index (χ2v) is 7.79. The summed E-state index contributed by atoms with van der Waals surface area (Å²) in [5, 5.41) is 11.7. The summed E-state index contributed by atoms with van der Waals surface area (Å²) in [7, 11) is -0.353. The summed E-state index contributed by atoms with van der Waals surface area (Å²) in [5.74, 6) is 0.813. The van der Waals surface area contributed by atoms with E-state index in [2.05, 4.69) is 4.98 Å². The predicted molar refractivity (Wildman–Crippen MR) is 96.1 cm³/mol. The van der Waals surface area contributed by atoms with E-state index in [0.29, 0.717) is 26.6 Å². The Morgan fingerprint density at radius 1 is 1.30 bits per heavy atom. The van der Waals surface area contributed by atoms with Crippen molar-refractivity contribution in [1.29, 1.82) is 0 Å².